The Bertz CT molecular complexity index is 3060. The molecular weight excluding hydrogens is 855 g/mol. The number of nitrogens with one attached hydrogen (secondary N) is 4. The summed E-state index contributed by atoms with van der Waals surface area (Å²) in [5.41, 5.74) is 11.1. The third kappa shape index (κ3) is 10.5. The Labute approximate surface area is 392 Å². The first-order valence-corrected chi connectivity index (χ1v) is 22.5. The molecule has 10 aromatic rings. The quantitative estimate of drug-likeness (QED) is 0.0716. The summed E-state index contributed by atoms with van der Waals surface area (Å²) < 4.78 is 29.9. The average molecular weight is 905 g/mol. The maximum absolute atomic E-state index is 13.7. The predicted octanol–water partition coefficient (Wildman–Crippen LogP) is 10.9. The number of benzene rings is 6. The Morgan fingerprint density at radius 2 is 0.926 bits per heavy atom. The molecule has 4 aromatic heterocycles. The number of carbonyl (C=O) groups is 2. The minimum Gasteiger partial charge on any atom is -0.360 e. The Morgan fingerprint density at radius 1 is 0.529 bits per heavy atom. The summed E-state index contributed by atoms with van der Waals surface area (Å²) in [6, 6.07) is 43.5. The van der Waals surface area contributed by atoms with E-state index in [1.54, 1.807) is 46.0 Å². The molecule has 0 spiro atoms. The van der Waals surface area contributed by atoms with Gasteiger partial charge in [0.2, 0.25) is 0 Å². The first-order valence-electron chi connectivity index (χ1n) is 22.5. The maximum Gasteiger partial charge on any atom is 0.186 e. The van der Waals surface area contributed by atoms with E-state index in [0.717, 1.165) is 66.3 Å². The first-order chi connectivity index (χ1) is 33.2. The van der Waals surface area contributed by atoms with E-state index in [2.05, 4.69) is 30.8 Å². The minimum absolute atomic E-state index is 0.00526. The van der Waals surface area contributed by atoms with Crippen LogP contribution in [0.5, 0.6) is 0 Å². The molecule has 0 bridgehead atoms. The van der Waals surface area contributed by atoms with Crippen LogP contribution in [0, 0.1) is 11.6 Å². The minimum atomic E-state index is -0.487. The average Bonchev–Trinajstić information content (AvgIpc) is 4.20. The van der Waals surface area contributed by atoms with Crippen molar-refractivity contribution in [1.82, 2.24) is 40.2 Å². The third-order valence-electron chi connectivity index (χ3n) is 12.1. The van der Waals surface area contributed by atoms with Crippen molar-refractivity contribution in [1.29, 1.82) is 0 Å². The lowest BCUT2D eigenvalue weighted by Crippen LogP contribution is -2.30. The van der Waals surface area contributed by atoms with Crippen molar-refractivity contribution in [3.63, 3.8) is 0 Å². The van der Waals surface area contributed by atoms with Gasteiger partial charge >= 0.3 is 0 Å². The van der Waals surface area contributed by atoms with E-state index in [0.29, 0.717) is 37.1 Å². The number of fused-ring (bicyclic) bond motifs is 2. The number of aryl methyl sites for hydroxylation is 2. The van der Waals surface area contributed by atoms with Gasteiger partial charge in [0.25, 0.3) is 0 Å². The van der Waals surface area contributed by atoms with E-state index in [4.69, 9.17) is 0 Å². The highest BCUT2D eigenvalue weighted by Crippen LogP contribution is 2.31. The van der Waals surface area contributed by atoms with Crippen molar-refractivity contribution in [2.75, 3.05) is 13.1 Å². The summed E-state index contributed by atoms with van der Waals surface area (Å²) in [6.45, 7) is 1.18. The summed E-state index contributed by atoms with van der Waals surface area (Å²) in [5, 5.41) is 17.1. The van der Waals surface area contributed by atoms with Crippen LogP contribution in [0.25, 0.3) is 44.1 Å². The normalized spacial score (nSPS) is 12.2. The fourth-order valence-electron chi connectivity index (χ4n) is 8.51. The van der Waals surface area contributed by atoms with Gasteiger partial charge in [-0.3, -0.25) is 19.0 Å². The Hall–Kier alpha value is -8.06. The van der Waals surface area contributed by atoms with E-state index < -0.39 is 12.1 Å². The number of hydrogen-bond acceptors (Lipinski definition) is 6. The van der Waals surface area contributed by atoms with E-state index in [-0.39, 0.29) is 23.2 Å². The van der Waals surface area contributed by atoms with E-state index in [1.807, 2.05) is 136 Å². The molecule has 0 aliphatic carbocycles. The molecule has 340 valence electrons. The standard InChI is InChI=1S/2C28H25FN4O/c2*1-33-18-22(16-32-33)21-9-12-24-25(17-31-26(24)15-21)28(34)27(20-5-3-2-4-6-20)30-14-13-19-7-10-23(29)11-8-19/h2*2-12,15-18,27,30-31H,13-14H2,1H3/t2*27-/m10/s1. The number of aromatic amines is 2. The van der Waals surface area contributed by atoms with E-state index in [9.17, 15) is 18.4 Å². The molecule has 0 saturated carbocycles. The van der Waals surface area contributed by atoms with Gasteiger partial charge in [-0.2, -0.15) is 10.2 Å². The highest BCUT2D eigenvalue weighted by molar-refractivity contribution is 6.12. The molecular formula is C56H50F2N8O2. The highest BCUT2D eigenvalue weighted by Gasteiger charge is 2.26. The van der Waals surface area contributed by atoms with Crippen molar-refractivity contribution >= 4 is 33.4 Å². The molecule has 0 amide bonds. The second-order valence-electron chi connectivity index (χ2n) is 16.8. The second kappa shape index (κ2) is 20.6. The molecule has 68 heavy (non-hydrogen) atoms. The summed E-state index contributed by atoms with van der Waals surface area (Å²) >= 11 is 0. The third-order valence-corrected chi connectivity index (χ3v) is 12.1. The Morgan fingerprint density at radius 3 is 1.29 bits per heavy atom. The van der Waals surface area contributed by atoms with Crippen molar-refractivity contribution < 1.29 is 18.4 Å². The molecule has 4 N–H and O–H groups in total. The number of halogens is 2. The van der Waals surface area contributed by atoms with Gasteiger partial charge in [0, 0.05) is 96.0 Å². The zero-order valence-electron chi connectivity index (χ0n) is 37.7. The lowest BCUT2D eigenvalue weighted by Gasteiger charge is -2.18. The molecule has 6 aromatic carbocycles. The fraction of sp³-hybridized carbons (Fsp3) is 0.143. The number of H-pyrrole nitrogens is 2. The molecule has 0 fully saturated rings. The maximum atomic E-state index is 13.7. The summed E-state index contributed by atoms with van der Waals surface area (Å²) in [5.74, 6) is -0.489. The second-order valence-corrected chi connectivity index (χ2v) is 16.8. The van der Waals surface area contributed by atoms with E-state index in [1.165, 1.54) is 24.3 Å². The summed E-state index contributed by atoms with van der Waals surface area (Å²) in [7, 11) is 3.78. The van der Waals surface area contributed by atoms with Crippen molar-refractivity contribution in [2.24, 2.45) is 14.1 Å². The van der Waals surface area contributed by atoms with Crippen LogP contribution >= 0.6 is 0 Å². The zero-order chi connectivity index (χ0) is 47.0. The molecule has 10 rings (SSSR count). The van der Waals surface area contributed by atoms with Gasteiger partial charge in [0.1, 0.15) is 11.6 Å². The highest BCUT2D eigenvalue weighted by atomic mass is 19.1. The number of hydrogen-bond donors (Lipinski definition) is 4. The molecule has 12 heteroatoms. The first kappa shape index (κ1) is 45.1. The van der Waals surface area contributed by atoms with Crippen LogP contribution < -0.4 is 10.6 Å². The van der Waals surface area contributed by atoms with Crippen LogP contribution in [-0.2, 0) is 26.9 Å². The van der Waals surface area contributed by atoms with Gasteiger partial charge in [0.05, 0.1) is 24.5 Å². The summed E-state index contributed by atoms with van der Waals surface area (Å²) in [4.78, 5) is 34.0. The monoisotopic (exact) mass is 904 g/mol. The predicted molar refractivity (Wildman–Crippen MR) is 264 cm³/mol. The van der Waals surface area contributed by atoms with Gasteiger partial charge in [-0.05, 0) is 82.6 Å². The number of carbonyl (C=O) groups excluding carboxylic acids is 2. The molecule has 0 aliphatic rings. The van der Waals surface area contributed by atoms with Gasteiger partial charge in [-0.15, -0.1) is 0 Å². The van der Waals surface area contributed by atoms with Gasteiger partial charge in [0.15, 0.2) is 11.6 Å². The largest absolute Gasteiger partial charge is 0.360 e. The van der Waals surface area contributed by atoms with Crippen molar-refractivity contribution in [3.05, 3.63) is 228 Å². The van der Waals surface area contributed by atoms with Crippen LogP contribution in [-0.4, -0.2) is 54.2 Å². The SMILES string of the molecule is Cn1cc(-c2ccc3c(C(=O)[C@@H](NCCc4ccc(F)cc4)c4ccccc4)c[nH]c3c2)cn1.Cn1cc(-c2ccc3c(C(=O)[C@H](NCCc4ccc(F)cc4)c4ccccc4)c[nH]c3c2)cn1. The Kier molecular flexibility index (Phi) is 13.7. The molecule has 0 aliphatic heterocycles. The van der Waals surface area contributed by atoms with Crippen molar-refractivity contribution in [2.45, 2.75) is 24.9 Å². The van der Waals surface area contributed by atoms with Gasteiger partial charge < -0.3 is 20.6 Å². The molecule has 4 heterocycles. The van der Waals surface area contributed by atoms with Crippen LogP contribution in [0.2, 0.25) is 0 Å². The number of rotatable bonds is 16. The number of aromatic nitrogens is 6. The smallest absolute Gasteiger partial charge is 0.186 e. The zero-order valence-corrected chi connectivity index (χ0v) is 37.7. The molecule has 10 nitrogen and oxygen atoms in total. The van der Waals surface area contributed by atoms with Gasteiger partial charge in [-0.25, -0.2) is 8.78 Å². The van der Waals surface area contributed by atoms with Gasteiger partial charge in [-0.1, -0.05) is 109 Å². The van der Waals surface area contributed by atoms with Crippen LogP contribution in [0.1, 0.15) is 55.1 Å². The number of Topliss-reactive ketones (excluding diaryl/α,β-unsaturated/α-hetero) is 2. The fourth-order valence-corrected chi connectivity index (χ4v) is 8.51. The van der Waals surface area contributed by atoms with Crippen LogP contribution in [0.3, 0.4) is 0 Å². The summed E-state index contributed by atoms with van der Waals surface area (Å²) in [6.07, 6.45) is 12.5. The number of nitrogens with zero attached hydrogens (tertiary/aromatic N) is 4. The van der Waals surface area contributed by atoms with Crippen molar-refractivity contribution in [3.8, 4) is 22.3 Å². The lowest BCUT2D eigenvalue weighted by molar-refractivity contribution is 0.0937. The Balaban J connectivity index is 0.000000170. The van der Waals surface area contributed by atoms with Crippen LogP contribution in [0.4, 0.5) is 8.78 Å². The molecule has 2 atom stereocenters. The molecule has 0 saturated heterocycles. The topological polar surface area (TPSA) is 125 Å². The van der Waals surface area contributed by atoms with E-state index >= 15 is 0 Å². The molecule has 0 unspecified atom stereocenters. The van der Waals surface area contributed by atoms with Crippen LogP contribution in [0.15, 0.2) is 183 Å². The molecule has 0 radical (unpaired) electrons. The number of ketones is 2. The lowest BCUT2D eigenvalue weighted by atomic mass is 9.96.